The molecule has 6 heteroatoms. The van der Waals surface area contributed by atoms with Gasteiger partial charge in [0.15, 0.2) is 5.96 Å². The van der Waals surface area contributed by atoms with Crippen molar-refractivity contribution in [2.24, 2.45) is 10.9 Å². The SMILES string of the molecule is CCNC(=NCC(O)c1ccc(OC)cc1)NC(C)CCC(C)C.I. The van der Waals surface area contributed by atoms with Gasteiger partial charge in [0.2, 0.25) is 0 Å². The van der Waals surface area contributed by atoms with Crippen LogP contribution in [0.15, 0.2) is 29.3 Å². The Morgan fingerprint density at radius 1 is 1.16 bits per heavy atom. The van der Waals surface area contributed by atoms with Gasteiger partial charge >= 0.3 is 0 Å². The lowest BCUT2D eigenvalue weighted by atomic mass is 10.0. The molecule has 144 valence electrons. The van der Waals surface area contributed by atoms with E-state index in [1.165, 1.54) is 6.42 Å². The van der Waals surface area contributed by atoms with Crippen LogP contribution in [0.1, 0.15) is 52.2 Å². The van der Waals surface area contributed by atoms with Crippen molar-refractivity contribution in [2.75, 3.05) is 20.2 Å². The highest BCUT2D eigenvalue weighted by Crippen LogP contribution is 2.17. The number of aliphatic imine (C=N–C) groups is 1. The Labute approximate surface area is 169 Å². The fourth-order valence-electron chi connectivity index (χ4n) is 2.32. The van der Waals surface area contributed by atoms with Crippen LogP contribution in [0.5, 0.6) is 5.75 Å². The lowest BCUT2D eigenvalue weighted by Crippen LogP contribution is -2.42. The molecule has 0 bridgehead atoms. The second-order valence-corrected chi connectivity index (χ2v) is 6.53. The molecule has 0 spiro atoms. The third-order valence-electron chi connectivity index (χ3n) is 3.83. The van der Waals surface area contributed by atoms with Gasteiger partial charge in [-0.25, -0.2) is 0 Å². The lowest BCUT2D eigenvalue weighted by Gasteiger charge is -2.19. The van der Waals surface area contributed by atoms with Gasteiger partial charge in [0.25, 0.3) is 0 Å². The molecule has 3 N–H and O–H groups in total. The molecule has 0 saturated heterocycles. The first-order valence-corrected chi connectivity index (χ1v) is 8.83. The second-order valence-electron chi connectivity index (χ2n) is 6.53. The van der Waals surface area contributed by atoms with E-state index >= 15 is 0 Å². The standard InChI is InChI=1S/C19H33N3O2.HI/c1-6-20-19(22-15(4)8-7-14(2)3)21-13-18(23)16-9-11-17(24-5)12-10-16;/h9-12,14-15,18,23H,6-8,13H2,1-5H3,(H2,20,21,22);1H. The molecule has 0 aliphatic carbocycles. The van der Waals surface area contributed by atoms with E-state index in [0.717, 1.165) is 30.2 Å². The summed E-state index contributed by atoms with van der Waals surface area (Å²) in [5.41, 5.74) is 0.836. The predicted molar refractivity (Wildman–Crippen MR) is 116 cm³/mol. The Bertz CT molecular complexity index is 492. The number of rotatable bonds is 9. The minimum absolute atomic E-state index is 0. The summed E-state index contributed by atoms with van der Waals surface area (Å²) in [6.45, 7) is 9.78. The fourth-order valence-corrected chi connectivity index (χ4v) is 2.32. The number of nitrogens with zero attached hydrogens (tertiary/aromatic N) is 1. The Kier molecular flexibility index (Phi) is 12.7. The third kappa shape index (κ3) is 9.89. The summed E-state index contributed by atoms with van der Waals surface area (Å²) < 4.78 is 5.13. The van der Waals surface area contributed by atoms with Crippen LogP contribution in [0, 0.1) is 5.92 Å². The van der Waals surface area contributed by atoms with Gasteiger partial charge in [-0.3, -0.25) is 4.99 Å². The summed E-state index contributed by atoms with van der Waals surface area (Å²) >= 11 is 0. The monoisotopic (exact) mass is 463 g/mol. The molecule has 0 aliphatic rings. The molecule has 1 aromatic rings. The van der Waals surface area contributed by atoms with E-state index in [0.29, 0.717) is 18.5 Å². The number of nitrogens with one attached hydrogen (secondary N) is 2. The third-order valence-corrected chi connectivity index (χ3v) is 3.83. The van der Waals surface area contributed by atoms with E-state index in [4.69, 9.17) is 4.74 Å². The van der Waals surface area contributed by atoms with Gasteiger partial charge in [-0.15, -0.1) is 24.0 Å². The number of hydrogen-bond acceptors (Lipinski definition) is 3. The molecule has 1 rings (SSSR count). The van der Waals surface area contributed by atoms with Gasteiger partial charge in [-0.2, -0.15) is 0 Å². The smallest absolute Gasteiger partial charge is 0.191 e. The highest BCUT2D eigenvalue weighted by Gasteiger charge is 2.10. The summed E-state index contributed by atoms with van der Waals surface area (Å²) in [4.78, 5) is 4.51. The number of aliphatic hydroxyl groups is 1. The molecule has 25 heavy (non-hydrogen) atoms. The molecule has 0 radical (unpaired) electrons. The molecule has 0 aromatic heterocycles. The van der Waals surface area contributed by atoms with Gasteiger partial charge in [-0.1, -0.05) is 26.0 Å². The maximum absolute atomic E-state index is 10.3. The second kappa shape index (κ2) is 13.2. The van der Waals surface area contributed by atoms with Crippen LogP contribution in [0.4, 0.5) is 0 Å². The molecule has 0 heterocycles. The van der Waals surface area contributed by atoms with Crippen molar-refractivity contribution in [1.82, 2.24) is 10.6 Å². The van der Waals surface area contributed by atoms with Crippen molar-refractivity contribution >= 4 is 29.9 Å². The van der Waals surface area contributed by atoms with Crippen molar-refractivity contribution in [2.45, 2.75) is 52.7 Å². The zero-order valence-electron chi connectivity index (χ0n) is 16.1. The number of guanidine groups is 1. The Morgan fingerprint density at radius 2 is 1.80 bits per heavy atom. The Hall–Kier alpha value is -1.02. The van der Waals surface area contributed by atoms with E-state index in [9.17, 15) is 5.11 Å². The number of ether oxygens (including phenoxy) is 1. The summed E-state index contributed by atoms with van der Waals surface area (Å²) in [5, 5.41) is 16.9. The molecule has 0 amide bonds. The van der Waals surface area contributed by atoms with Crippen LogP contribution < -0.4 is 15.4 Å². The Morgan fingerprint density at radius 3 is 2.32 bits per heavy atom. The highest BCUT2D eigenvalue weighted by atomic mass is 127. The minimum Gasteiger partial charge on any atom is -0.497 e. The van der Waals surface area contributed by atoms with E-state index in [2.05, 4.69) is 36.4 Å². The van der Waals surface area contributed by atoms with Crippen LogP contribution in [-0.4, -0.2) is 37.3 Å². The zero-order valence-corrected chi connectivity index (χ0v) is 18.4. The Balaban J connectivity index is 0.00000576. The molecular formula is C19H34IN3O2. The van der Waals surface area contributed by atoms with E-state index in [1.54, 1.807) is 7.11 Å². The number of benzene rings is 1. The molecule has 2 unspecified atom stereocenters. The van der Waals surface area contributed by atoms with E-state index in [-0.39, 0.29) is 24.0 Å². The largest absolute Gasteiger partial charge is 0.497 e. The predicted octanol–water partition coefficient (Wildman–Crippen LogP) is 3.73. The quantitative estimate of drug-likeness (QED) is 0.297. The molecule has 0 fully saturated rings. The normalized spacial score (nSPS) is 13.8. The maximum Gasteiger partial charge on any atom is 0.191 e. The van der Waals surface area contributed by atoms with Gasteiger partial charge < -0.3 is 20.5 Å². The lowest BCUT2D eigenvalue weighted by molar-refractivity contribution is 0.187. The topological polar surface area (TPSA) is 65.9 Å². The van der Waals surface area contributed by atoms with Crippen LogP contribution in [0.3, 0.4) is 0 Å². The van der Waals surface area contributed by atoms with Gasteiger partial charge in [0, 0.05) is 12.6 Å². The summed E-state index contributed by atoms with van der Waals surface area (Å²) in [6.07, 6.45) is 1.66. The average molecular weight is 463 g/mol. The first-order chi connectivity index (χ1) is 11.5. The number of halogens is 1. The van der Waals surface area contributed by atoms with Crippen LogP contribution in [0.2, 0.25) is 0 Å². The summed E-state index contributed by atoms with van der Waals surface area (Å²) in [6, 6.07) is 7.78. The average Bonchev–Trinajstić information content (AvgIpc) is 2.57. The molecule has 0 aliphatic heterocycles. The first kappa shape index (κ1) is 24.0. The molecule has 2 atom stereocenters. The van der Waals surface area contributed by atoms with Crippen molar-refractivity contribution in [3.63, 3.8) is 0 Å². The first-order valence-electron chi connectivity index (χ1n) is 8.83. The van der Waals surface area contributed by atoms with Crippen molar-refractivity contribution in [1.29, 1.82) is 0 Å². The van der Waals surface area contributed by atoms with E-state index < -0.39 is 6.10 Å². The van der Waals surface area contributed by atoms with Crippen LogP contribution in [-0.2, 0) is 0 Å². The van der Waals surface area contributed by atoms with E-state index in [1.807, 2.05) is 31.2 Å². The number of aliphatic hydroxyl groups excluding tert-OH is 1. The summed E-state index contributed by atoms with van der Waals surface area (Å²) in [7, 11) is 1.63. The summed E-state index contributed by atoms with van der Waals surface area (Å²) in [5.74, 6) is 2.23. The minimum atomic E-state index is -0.627. The van der Waals surface area contributed by atoms with Gasteiger partial charge in [0.1, 0.15) is 5.75 Å². The molecule has 0 saturated carbocycles. The molecule has 5 nitrogen and oxygen atoms in total. The highest BCUT2D eigenvalue weighted by molar-refractivity contribution is 14.0. The van der Waals surface area contributed by atoms with Crippen molar-refractivity contribution < 1.29 is 9.84 Å². The zero-order chi connectivity index (χ0) is 17.9. The van der Waals surface area contributed by atoms with Crippen molar-refractivity contribution in [3.05, 3.63) is 29.8 Å². The molecule has 1 aromatic carbocycles. The number of methoxy groups -OCH3 is 1. The van der Waals surface area contributed by atoms with Gasteiger partial charge in [0.05, 0.1) is 19.8 Å². The maximum atomic E-state index is 10.3. The van der Waals surface area contributed by atoms with Crippen molar-refractivity contribution in [3.8, 4) is 5.75 Å². The van der Waals surface area contributed by atoms with Crippen LogP contribution in [0.25, 0.3) is 0 Å². The molecular weight excluding hydrogens is 429 g/mol. The fraction of sp³-hybridized carbons (Fsp3) is 0.632. The number of hydrogen-bond donors (Lipinski definition) is 3. The van der Waals surface area contributed by atoms with Gasteiger partial charge in [-0.05, 0) is 50.3 Å². The van der Waals surface area contributed by atoms with Crippen LogP contribution >= 0.6 is 24.0 Å².